The number of aliphatic imine (C=N–C) groups is 1. The number of hydrogen-bond acceptors (Lipinski definition) is 8. The van der Waals surface area contributed by atoms with E-state index in [1.807, 2.05) is 24.3 Å². The summed E-state index contributed by atoms with van der Waals surface area (Å²) in [5.41, 5.74) is 11.6. The number of aliphatic hydroxyl groups is 1. The number of allylic oxidation sites excluding steroid dienone is 1. The van der Waals surface area contributed by atoms with Gasteiger partial charge in [0.15, 0.2) is 11.5 Å². The summed E-state index contributed by atoms with van der Waals surface area (Å²) < 4.78 is 9.42. The third kappa shape index (κ3) is 4.98. The summed E-state index contributed by atoms with van der Waals surface area (Å²) in [7, 11) is 0. The first-order chi connectivity index (χ1) is 18.1. The predicted molar refractivity (Wildman–Crippen MR) is 145 cm³/mol. The van der Waals surface area contributed by atoms with Gasteiger partial charge in [0, 0.05) is 37.5 Å². The highest BCUT2D eigenvalue weighted by atomic mass is 16.5. The Balaban J connectivity index is 1.67. The summed E-state index contributed by atoms with van der Waals surface area (Å²) in [4.78, 5) is 16.7. The molecule has 192 valence electrons. The molecule has 10 heteroatoms. The monoisotopic (exact) mass is 500 g/mol. The van der Waals surface area contributed by atoms with Crippen molar-refractivity contribution in [2.24, 2.45) is 10.7 Å². The SMILES string of the molecule is CCn1c(CN=C/C=C\N)nc2c(N3CCOCC3)cc(-n3nc(-c4cccc(C)c4)cc3CO)nc21. The van der Waals surface area contributed by atoms with E-state index in [2.05, 4.69) is 40.4 Å². The van der Waals surface area contributed by atoms with Gasteiger partial charge in [-0.3, -0.25) is 4.99 Å². The molecular weight excluding hydrogens is 468 g/mol. The van der Waals surface area contributed by atoms with Gasteiger partial charge >= 0.3 is 0 Å². The second-order valence-corrected chi connectivity index (χ2v) is 8.88. The van der Waals surface area contributed by atoms with Gasteiger partial charge in [-0.05, 0) is 38.3 Å². The summed E-state index contributed by atoms with van der Waals surface area (Å²) >= 11 is 0. The van der Waals surface area contributed by atoms with Gasteiger partial charge in [0.1, 0.15) is 11.3 Å². The Morgan fingerprint density at radius 2 is 2.00 bits per heavy atom. The van der Waals surface area contributed by atoms with Crippen LogP contribution in [0, 0.1) is 6.92 Å². The smallest absolute Gasteiger partial charge is 0.164 e. The lowest BCUT2D eigenvalue weighted by molar-refractivity contribution is 0.123. The summed E-state index contributed by atoms with van der Waals surface area (Å²) in [6.45, 7) is 7.87. The molecule has 10 nitrogen and oxygen atoms in total. The van der Waals surface area contributed by atoms with Crippen molar-refractivity contribution in [3.63, 3.8) is 0 Å². The highest BCUT2D eigenvalue weighted by Crippen LogP contribution is 2.31. The van der Waals surface area contributed by atoms with E-state index in [0.717, 1.165) is 52.6 Å². The fraction of sp³-hybridized carbons (Fsp3) is 0.333. The molecule has 0 spiro atoms. The van der Waals surface area contributed by atoms with Crippen LogP contribution in [0.1, 0.15) is 24.0 Å². The predicted octanol–water partition coefficient (Wildman–Crippen LogP) is 2.98. The molecular formula is C27H32N8O2. The Bertz CT molecular complexity index is 1450. The van der Waals surface area contributed by atoms with Crippen molar-refractivity contribution in [1.29, 1.82) is 0 Å². The number of benzene rings is 1. The molecule has 1 fully saturated rings. The Morgan fingerprint density at radius 3 is 2.73 bits per heavy atom. The number of ether oxygens (including phenoxy) is 1. The Hall–Kier alpha value is -4.02. The zero-order valence-electron chi connectivity index (χ0n) is 21.2. The first kappa shape index (κ1) is 24.7. The maximum Gasteiger partial charge on any atom is 0.164 e. The van der Waals surface area contributed by atoms with Gasteiger partial charge in [-0.15, -0.1) is 0 Å². The molecule has 0 bridgehead atoms. The number of aliphatic hydroxyl groups excluding tert-OH is 1. The molecule has 0 amide bonds. The number of pyridine rings is 1. The molecule has 3 aromatic heterocycles. The Kier molecular flexibility index (Phi) is 7.29. The van der Waals surface area contributed by atoms with Crippen LogP contribution in [0.25, 0.3) is 28.2 Å². The van der Waals surface area contributed by atoms with Gasteiger partial charge in [-0.25, -0.2) is 14.6 Å². The van der Waals surface area contributed by atoms with Crippen LogP contribution >= 0.6 is 0 Å². The average Bonchev–Trinajstić information content (AvgIpc) is 3.52. The van der Waals surface area contributed by atoms with E-state index < -0.39 is 0 Å². The van der Waals surface area contributed by atoms with Crippen LogP contribution in [0.2, 0.25) is 0 Å². The number of anilines is 1. The van der Waals surface area contributed by atoms with Crippen molar-refractivity contribution in [2.45, 2.75) is 33.5 Å². The van der Waals surface area contributed by atoms with Gasteiger partial charge in [0.05, 0.1) is 43.4 Å². The molecule has 1 aromatic carbocycles. The normalized spacial score (nSPS) is 14.5. The van der Waals surface area contributed by atoms with Crippen LogP contribution in [-0.2, 0) is 24.4 Å². The van der Waals surface area contributed by atoms with Crippen LogP contribution in [-0.4, -0.2) is 61.9 Å². The number of aromatic nitrogens is 5. The molecule has 0 unspecified atom stereocenters. The molecule has 3 N–H and O–H groups in total. The number of morpholine rings is 1. The standard InChI is InChI=1S/C27H32N8O2/c1-3-34-25(17-29-9-5-8-28)30-26-23(33-10-12-37-13-11-33)16-24(31-27(26)34)35-21(18-36)15-22(32-35)20-7-4-6-19(2)14-20/h4-9,14-16,36H,3,10-13,17-18,28H2,1-2H3/b8-5-,29-9?. The fourth-order valence-corrected chi connectivity index (χ4v) is 4.63. The second kappa shape index (κ2) is 10.9. The first-order valence-electron chi connectivity index (χ1n) is 12.5. The number of rotatable bonds is 8. The number of aryl methyl sites for hydroxylation is 2. The number of fused-ring (bicyclic) bond motifs is 1. The molecule has 0 aliphatic carbocycles. The molecule has 0 radical (unpaired) electrons. The van der Waals surface area contributed by atoms with Crippen molar-refractivity contribution < 1.29 is 9.84 Å². The zero-order chi connectivity index (χ0) is 25.8. The minimum absolute atomic E-state index is 0.160. The average molecular weight is 501 g/mol. The Morgan fingerprint density at radius 1 is 1.16 bits per heavy atom. The quantitative estimate of drug-likeness (QED) is 0.357. The highest BCUT2D eigenvalue weighted by molar-refractivity contribution is 5.88. The molecule has 1 saturated heterocycles. The lowest BCUT2D eigenvalue weighted by Crippen LogP contribution is -2.36. The molecule has 5 rings (SSSR count). The minimum Gasteiger partial charge on any atom is -0.405 e. The van der Waals surface area contributed by atoms with E-state index in [9.17, 15) is 5.11 Å². The van der Waals surface area contributed by atoms with Gasteiger partial charge in [0.2, 0.25) is 0 Å². The number of nitrogens with zero attached hydrogens (tertiary/aromatic N) is 7. The highest BCUT2D eigenvalue weighted by Gasteiger charge is 2.23. The van der Waals surface area contributed by atoms with E-state index in [1.165, 1.54) is 6.20 Å². The summed E-state index contributed by atoms with van der Waals surface area (Å²) in [5, 5.41) is 15.1. The van der Waals surface area contributed by atoms with Gasteiger partial charge in [-0.1, -0.05) is 23.8 Å². The largest absolute Gasteiger partial charge is 0.405 e. The molecule has 1 aliphatic heterocycles. The van der Waals surface area contributed by atoms with Crippen molar-refractivity contribution in [3.05, 3.63) is 65.8 Å². The molecule has 0 saturated carbocycles. The van der Waals surface area contributed by atoms with Crippen LogP contribution in [0.15, 0.2) is 53.7 Å². The molecule has 4 heterocycles. The van der Waals surface area contributed by atoms with Crippen molar-refractivity contribution >= 4 is 23.1 Å². The van der Waals surface area contributed by atoms with E-state index in [4.69, 9.17) is 25.5 Å². The second-order valence-electron chi connectivity index (χ2n) is 8.88. The lowest BCUT2D eigenvalue weighted by atomic mass is 10.1. The zero-order valence-corrected chi connectivity index (χ0v) is 21.2. The summed E-state index contributed by atoms with van der Waals surface area (Å²) in [6.07, 6.45) is 4.81. The van der Waals surface area contributed by atoms with Crippen LogP contribution in [0.4, 0.5) is 5.69 Å². The lowest BCUT2D eigenvalue weighted by Gasteiger charge is -2.29. The molecule has 1 aliphatic rings. The Labute approximate surface area is 215 Å². The van der Waals surface area contributed by atoms with Crippen molar-refractivity contribution in [2.75, 3.05) is 31.2 Å². The van der Waals surface area contributed by atoms with Crippen LogP contribution in [0.5, 0.6) is 0 Å². The van der Waals surface area contributed by atoms with E-state index in [1.54, 1.807) is 17.0 Å². The maximum absolute atomic E-state index is 10.2. The van der Waals surface area contributed by atoms with Gasteiger partial charge < -0.3 is 25.0 Å². The van der Waals surface area contributed by atoms with E-state index in [-0.39, 0.29) is 6.61 Å². The number of nitrogens with two attached hydrogens (primary N) is 1. The molecule has 37 heavy (non-hydrogen) atoms. The first-order valence-corrected chi connectivity index (χ1v) is 12.5. The number of imidazole rings is 1. The molecule has 4 aromatic rings. The minimum atomic E-state index is -0.160. The third-order valence-corrected chi connectivity index (χ3v) is 6.43. The van der Waals surface area contributed by atoms with Crippen LogP contribution < -0.4 is 10.6 Å². The third-order valence-electron chi connectivity index (χ3n) is 6.43. The molecule has 0 atom stereocenters. The summed E-state index contributed by atoms with van der Waals surface area (Å²) in [5.74, 6) is 1.45. The number of hydrogen-bond donors (Lipinski definition) is 2. The summed E-state index contributed by atoms with van der Waals surface area (Å²) in [6, 6.07) is 12.1. The van der Waals surface area contributed by atoms with Crippen molar-refractivity contribution in [1.82, 2.24) is 24.3 Å². The fourth-order valence-electron chi connectivity index (χ4n) is 4.63. The van der Waals surface area contributed by atoms with Crippen molar-refractivity contribution in [3.8, 4) is 17.1 Å². The van der Waals surface area contributed by atoms with E-state index in [0.29, 0.717) is 37.8 Å². The van der Waals surface area contributed by atoms with Crippen LogP contribution in [0.3, 0.4) is 0 Å². The van der Waals surface area contributed by atoms with Gasteiger partial charge in [0.25, 0.3) is 0 Å². The van der Waals surface area contributed by atoms with Gasteiger partial charge in [-0.2, -0.15) is 5.10 Å². The topological polar surface area (TPSA) is 120 Å². The van der Waals surface area contributed by atoms with E-state index >= 15 is 0 Å². The maximum atomic E-state index is 10.2.